The zero-order valence-corrected chi connectivity index (χ0v) is 20.5. The minimum atomic E-state index is -0.661. The summed E-state index contributed by atoms with van der Waals surface area (Å²) in [6.07, 6.45) is 0.452. The molecule has 3 aromatic carbocycles. The number of hydrogen-bond donors (Lipinski definition) is 3. The number of hydrogen-bond acceptors (Lipinski definition) is 4. The van der Waals surface area contributed by atoms with Gasteiger partial charge in [0.1, 0.15) is 5.75 Å². The Kier molecular flexibility index (Phi) is 8.48. The van der Waals surface area contributed by atoms with Crippen LogP contribution in [0.5, 0.6) is 5.75 Å². The van der Waals surface area contributed by atoms with Crippen LogP contribution in [-0.2, 0) is 17.6 Å². The van der Waals surface area contributed by atoms with E-state index < -0.39 is 6.10 Å². The van der Waals surface area contributed by atoms with E-state index in [1.165, 1.54) is 0 Å². The number of carbonyl (C=O) groups excluding carboxylic acids is 1. The molecule has 0 heterocycles. The third-order valence-electron chi connectivity index (χ3n) is 6.30. The van der Waals surface area contributed by atoms with Gasteiger partial charge in [-0.2, -0.15) is 0 Å². The average Bonchev–Trinajstić information content (AvgIpc) is 2.82. The number of nitrogens with zero attached hydrogens (tertiary/aromatic N) is 1. The summed E-state index contributed by atoms with van der Waals surface area (Å²) in [6.45, 7) is 6.65. The molecule has 2 atom stereocenters. The van der Waals surface area contributed by atoms with E-state index >= 15 is 0 Å². The van der Waals surface area contributed by atoms with Crippen LogP contribution in [-0.4, -0.2) is 40.2 Å². The van der Waals surface area contributed by atoms with Crippen molar-refractivity contribution < 1.29 is 15.0 Å². The normalized spacial score (nSPS) is 13.3. The summed E-state index contributed by atoms with van der Waals surface area (Å²) in [5, 5.41) is 23.3. The van der Waals surface area contributed by atoms with E-state index in [1.54, 1.807) is 29.2 Å². The number of β-amino-alcohol motifs (C(OH)–C–C–N with tert-alkyl or cyclic N) is 1. The third-order valence-corrected chi connectivity index (χ3v) is 6.30. The van der Waals surface area contributed by atoms with E-state index in [1.807, 2.05) is 56.4 Å². The Balaban J connectivity index is 1.57. The van der Waals surface area contributed by atoms with E-state index in [4.69, 9.17) is 0 Å². The van der Waals surface area contributed by atoms with Crippen molar-refractivity contribution in [1.29, 1.82) is 0 Å². The standard InChI is InChI=1S/C29H36N2O3/c1-21(24-11-6-5-7-12-24)31(4)28(34)18-22-9-8-10-23(17-22)19-29(2,3)30-20-27(33)25-13-15-26(32)16-14-25/h5-17,21,27,30,32-33H,18-20H2,1-4H3. The minimum Gasteiger partial charge on any atom is -0.508 e. The van der Waals surface area contributed by atoms with Gasteiger partial charge in [-0.3, -0.25) is 4.79 Å². The van der Waals surface area contributed by atoms with Gasteiger partial charge in [-0.1, -0.05) is 66.7 Å². The van der Waals surface area contributed by atoms with Crippen molar-refractivity contribution in [2.75, 3.05) is 13.6 Å². The molecule has 0 aliphatic heterocycles. The highest BCUT2D eigenvalue weighted by Crippen LogP contribution is 2.21. The van der Waals surface area contributed by atoms with Crippen molar-refractivity contribution in [2.24, 2.45) is 0 Å². The first-order chi connectivity index (χ1) is 16.1. The number of phenols is 1. The first kappa shape index (κ1) is 25.5. The van der Waals surface area contributed by atoms with Gasteiger partial charge >= 0.3 is 0 Å². The van der Waals surface area contributed by atoms with Crippen molar-refractivity contribution >= 4 is 5.91 Å². The van der Waals surface area contributed by atoms with Crippen LogP contribution in [0.4, 0.5) is 0 Å². The maximum absolute atomic E-state index is 12.9. The second kappa shape index (κ2) is 11.3. The fourth-order valence-corrected chi connectivity index (χ4v) is 4.08. The highest BCUT2D eigenvalue weighted by atomic mass is 16.3. The van der Waals surface area contributed by atoms with Gasteiger partial charge in [0.15, 0.2) is 0 Å². The Morgan fingerprint density at radius 1 is 0.941 bits per heavy atom. The molecule has 0 saturated carbocycles. The molecule has 0 radical (unpaired) electrons. The zero-order chi connectivity index (χ0) is 24.7. The summed E-state index contributed by atoms with van der Waals surface area (Å²) in [6, 6.07) is 24.8. The van der Waals surface area contributed by atoms with Crippen molar-refractivity contribution in [3.05, 3.63) is 101 Å². The molecule has 0 bridgehead atoms. The molecule has 2 unspecified atom stereocenters. The first-order valence-electron chi connectivity index (χ1n) is 11.7. The third kappa shape index (κ3) is 7.17. The average molecular weight is 461 g/mol. The van der Waals surface area contributed by atoms with Crippen LogP contribution in [0.25, 0.3) is 0 Å². The van der Waals surface area contributed by atoms with E-state index in [-0.39, 0.29) is 23.2 Å². The number of rotatable bonds is 10. The maximum Gasteiger partial charge on any atom is 0.227 e. The summed E-state index contributed by atoms with van der Waals surface area (Å²) in [4.78, 5) is 14.7. The van der Waals surface area contributed by atoms with Crippen molar-refractivity contribution in [3.63, 3.8) is 0 Å². The summed E-state index contributed by atoms with van der Waals surface area (Å²) in [7, 11) is 1.86. The minimum absolute atomic E-state index is 0.0139. The molecule has 34 heavy (non-hydrogen) atoms. The number of carbonyl (C=O) groups is 1. The van der Waals surface area contributed by atoms with Gasteiger partial charge in [0.25, 0.3) is 0 Å². The van der Waals surface area contributed by atoms with Crippen LogP contribution in [0, 0.1) is 0 Å². The number of aliphatic hydroxyl groups is 1. The molecular weight excluding hydrogens is 424 g/mol. The summed E-state index contributed by atoms with van der Waals surface area (Å²) in [5.74, 6) is 0.270. The number of benzene rings is 3. The molecule has 1 amide bonds. The van der Waals surface area contributed by atoms with Gasteiger partial charge in [-0.25, -0.2) is 0 Å². The van der Waals surface area contributed by atoms with Crippen LogP contribution in [0.1, 0.15) is 55.2 Å². The smallest absolute Gasteiger partial charge is 0.227 e. The van der Waals surface area contributed by atoms with Crippen LogP contribution >= 0.6 is 0 Å². The van der Waals surface area contributed by atoms with E-state index in [0.717, 1.165) is 28.7 Å². The van der Waals surface area contributed by atoms with Crippen LogP contribution in [0.2, 0.25) is 0 Å². The van der Waals surface area contributed by atoms with Crippen molar-refractivity contribution in [2.45, 2.75) is 51.3 Å². The van der Waals surface area contributed by atoms with E-state index in [2.05, 4.69) is 31.3 Å². The predicted octanol–water partition coefficient (Wildman–Crippen LogP) is 4.80. The molecule has 0 aromatic heterocycles. The monoisotopic (exact) mass is 460 g/mol. The molecule has 0 aliphatic rings. The molecular formula is C29H36N2O3. The molecule has 0 saturated heterocycles. The van der Waals surface area contributed by atoms with E-state index in [0.29, 0.717) is 13.0 Å². The molecule has 5 heteroatoms. The lowest BCUT2D eigenvalue weighted by Gasteiger charge is -2.28. The van der Waals surface area contributed by atoms with Crippen molar-refractivity contribution in [1.82, 2.24) is 10.2 Å². The number of likely N-dealkylation sites (N-methyl/N-ethyl adjacent to an activating group) is 1. The van der Waals surface area contributed by atoms with Crippen LogP contribution in [0.3, 0.4) is 0 Å². The molecule has 0 fully saturated rings. The molecule has 5 nitrogen and oxygen atoms in total. The van der Waals surface area contributed by atoms with Gasteiger partial charge in [0.2, 0.25) is 5.91 Å². The number of nitrogens with one attached hydrogen (secondary N) is 1. The van der Waals surface area contributed by atoms with Gasteiger partial charge in [-0.05, 0) is 61.6 Å². The molecule has 180 valence electrons. The Bertz CT molecular complexity index is 1060. The molecule has 0 aliphatic carbocycles. The summed E-state index contributed by atoms with van der Waals surface area (Å²) in [5.41, 5.74) is 3.76. The second-order valence-electron chi connectivity index (χ2n) is 9.64. The van der Waals surface area contributed by atoms with Crippen molar-refractivity contribution in [3.8, 4) is 5.75 Å². The highest BCUT2D eigenvalue weighted by molar-refractivity contribution is 5.79. The van der Waals surface area contributed by atoms with E-state index in [9.17, 15) is 15.0 Å². The number of aromatic hydroxyl groups is 1. The number of amides is 1. The Morgan fingerprint density at radius 3 is 2.26 bits per heavy atom. The number of aliphatic hydroxyl groups excluding tert-OH is 1. The fraction of sp³-hybridized carbons (Fsp3) is 0.345. The van der Waals surface area contributed by atoms with Crippen LogP contribution < -0.4 is 5.32 Å². The van der Waals surface area contributed by atoms with Gasteiger partial charge < -0.3 is 20.4 Å². The Hall–Kier alpha value is -3.15. The number of phenolic OH excluding ortho intramolecular Hbond substituents is 1. The van der Waals surface area contributed by atoms with Gasteiger partial charge in [0, 0.05) is 19.1 Å². The summed E-state index contributed by atoms with van der Waals surface area (Å²) >= 11 is 0. The predicted molar refractivity (Wildman–Crippen MR) is 137 cm³/mol. The lowest BCUT2D eigenvalue weighted by molar-refractivity contribution is -0.131. The van der Waals surface area contributed by atoms with Gasteiger partial charge in [0.05, 0.1) is 18.6 Å². The lowest BCUT2D eigenvalue weighted by atomic mass is 9.93. The summed E-state index contributed by atoms with van der Waals surface area (Å²) < 4.78 is 0. The molecule has 3 N–H and O–H groups in total. The topological polar surface area (TPSA) is 72.8 Å². The quantitative estimate of drug-likeness (QED) is 0.406. The molecule has 3 aromatic rings. The first-order valence-corrected chi connectivity index (χ1v) is 11.7. The molecule has 0 spiro atoms. The fourth-order valence-electron chi connectivity index (χ4n) is 4.08. The largest absolute Gasteiger partial charge is 0.508 e. The van der Waals surface area contributed by atoms with Gasteiger partial charge in [-0.15, -0.1) is 0 Å². The lowest BCUT2D eigenvalue weighted by Crippen LogP contribution is -2.43. The second-order valence-corrected chi connectivity index (χ2v) is 9.64. The van der Waals surface area contributed by atoms with Crippen LogP contribution in [0.15, 0.2) is 78.9 Å². The molecule has 3 rings (SSSR count). The zero-order valence-electron chi connectivity index (χ0n) is 20.5. The SMILES string of the molecule is CC(c1ccccc1)N(C)C(=O)Cc1cccc(CC(C)(C)NCC(O)c2ccc(O)cc2)c1. The Labute approximate surface area is 203 Å². The highest BCUT2D eigenvalue weighted by Gasteiger charge is 2.21. The Morgan fingerprint density at radius 2 is 1.59 bits per heavy atom. The maximum atomic E-state index is 12.9.